The molecule has 0 atom stereocenters. The van der Waals surface area contributed by atoms with Crippen LogP contribution in [0.5, 0.6) is 0 Å². The number of nitrogens with zero attached hydrogens (tertiary/aromatic N) is 2. The van der Waals surface area contributed by atoms with Crippen molar-refractivity contribution in [3.8, 4) is 0 Å². The highest BCUT2D eigenvalue weighted by molar-refractivity contribution is 7.18. The molecule has 0 aromatic carbocycles. The SMILES string of the molecule is Cc1csc2c(NCC3(CCCl)CC3)ncnc12. The molecule has 1 aliphatic rings. The molecule has 2 aromatic heterocycles. The van der Waals surface area contributed by atoms with Crippen molar-refractivity contribution in [1.82, 2.24) is 9.97 Å². The minimum absolute atomic E-state index is 0.422. The summed E-state index contributed by atoms with van der Waals surface area (Å²) in [6, 6.07) is 0. The lowest BCUT2D eigenvalue weighted by atomic mass is 10.0. The minimum Gasteiger partial charge on any atom is -0.368 e. The van der Waals surface area contributed by atoms with E-state index in [9.17, 15) is 0 Å². The van der Waals surface area contributed by atoms with Crippen molar-refractivity contribution < 1.29 is 0 Å². The van der Waals surface area contributed by atoms with Crippen LogP contribution >= 0.6 is 22.9 Å². The Morgan fingerprint density at radius 3 is 3.00 bits per heavy atom. The van der Waals surface area contributed by atoms with E-state index in [1.807, 2.05) is 0 Å². The van der Waals surface area contributed by atoms with Crippen LogP contribution in [0.25, 0.3) is 10.2 Å². The number of hydrogen-bond donors (Lipinski definition) is 1. The van der Waals surface area contributed by atoms with Gasteiger partial charge in [0.05, 0.1) is 10.2 Å². The Kier molecular flexibility index (Phi) is 3.16. The lowest BCUT2D eigenvalue weighted by molar-refractivity contribution is 0.524. The van der Waals surface area contributed by atoms with Gasteiger partial charge in [0.2, 0.25) is 0 Å². The van der Waals surface area contributed by atoms with Gasteiger partial charge in [-0.25, -0.2) is 9.97 Å². The summed E-state index contributed by atoms with van der Waals surface area (Å²) in [5, 5.41) is 5.62. The zero-order valence-electron chi connectivity index (χ0n) is 10.4. The van der Waals surface area contributed by atoms with Crippen LogP contribution in [-0.2, 0) is 0 Å². The van der Waals surface area contributed by atoms with Crippen molar-refractivity contribution in [2.45, 2.75) is 26.2 Å². The molecule has 3 nitrogen and oxygen atoms in total. The van der Waals surface area contributed by atoms with E-state index in [-0.39, 0.29) is 0 Å². The van der Waals surface area contributed by atoms with Crippen molar-refractivity contribution in [2.24, 2.45) is 5.41 Å². The predicted molar refractivity (Wildman–Crippen MR) is 77.6 cm³/mol. The Labute approximate surface area is 116 Å². The lowest BCUT2D eigenvalue weighted by Crippen LogP contribution is -2.16. The maximum absolute atomic E-state index is 5.85. The third-order valence-corrected chi connectivity index (χ3v) is 5.03. The van der Waals surface area contributed by atoms with E-state index in [0.717, 1.165) is 34.9 Å². The molecule has 0 spiro atoms. The van der Waals surface area contributed by atoms with Gasteiger partial charge in [-0.2, -0.15) is 0 Å². The number of aromatic nitrogens is 2. The normalized spacial score (nSPS) is 17.0. The first kappa shape index (κ1) is 12.2. The van der Waals surface area contributed by atoms with Crippen LogP contribution in [-0.4, -0.2) is 22.4 Å². The van der Waals surface area contributed by atoms with Crippen LogP contribution in [0.4, 0.5) is 5.82 Å². The number of hydrogen-bond acceptors (Lipinski definition) is 4. The van der Waals surface area contributed by atoms with Gasteiger partial charge in [-0.15, -0.1) is 22.9 Å². The summed E-state index contributed by atoms with van der Waals surface area (Å²) in [5.41, 5.74) is 2.72. The number of halogens is 1. The number of anilines is 1. The van der Waals surface area contributed by atoms with Gasteiger partial charge in [0, 0.05) is 12.4 Å². The monoisotopic (exact) mass is 281 g/mol. The molecule has 5 heteroatoms. The predicted octanol–water partition coefficient (Wildman–Crippen LogP) is 3.82. The first-order valence-corrected chi connectivity index (χ1v) is 7.64. The van der Waals surface area contributed by atoms with Gasteiger partial charge in [0.25, 0.3) is 0 Å². The highest BCUT2D eigenvalue weighted by Gasteiger charge is 2.41. The third kappa shape index (κ3) is 2.19. The van der Waals surface area contributed by atoms with Crippen LogP contribution in [0.1, 0.15) is 24.8 Å². The molecule has 2 heterocycles. The maximum Gasteiger partial charge on any atom is 0.147 e. The van der Waals surface area contributed by atoms with Crippen LogP contribution in [0.2, 0.25) is 0 Å². The molecule has 0 radical (unpaired) electrons. The maximum atomic E-state index is 5.85. The summed E-state index contributed by atoms with van der Waals surface area (Å²) in [7, 11) is 0. The first-order valence-electron chi connectivity index (χ1n) is 6.23. The zero-order valence-corrected chi connectivity index (χ0v) is 11.9. The molecule has 0 amide bonds. The summed E-state index contributed by atoms with van der Waals surface area (Å²) in [4.78, 5) is 8.70. The van der Waals surface area contributed by atoms with Crippen molar-refractivity contribution in [3.63, 3.8) is 0 Å². The second kappa shape index (κ2) is 4.67. The molecule has 1 saturated carbocycles. The first-order chi connectivity index (χ1) is 8.74. The summed E-state index contributed by atoms with van der Waals surface area (Å²) in [6.07, 6.45) is 5.31. The smallest absolute Gasteiger partial charge is 0.147 e. The molecule has 18 heavy (non-hydrogen) atoms. The van der Waals surface area contributed by atoms with Crippen LogP contribution < -0.4 is 5.32 Å². The number of alkyl halides is 1. The van der Waals surface area contributed by atoms with Gasteiger partial charge in [-0.1, -0.05) is 0 Å². The van der Waals surface area contributed by atoms with Crippen LogP contribution in [0, 0.1) is 12.3 Å². The van der Waals surface area contributed by atoms with E-state index in [2.05, 4.69) is 27.6 Å². The average molecular weight is 282 g/mol. The van der Waals surface area contributed by atoms with Gasteiger partial charge in [0.1, 0.15) is 12.1 Å². The van der Waals surface area contributed by atoms with Gasteiger partial charge in [0.15, 0.2) is 0 Å². The Morgan fingerprint density at radius 2 is 2.28 bits per heavy atom. The molecule has 2 aromatic rings. The fraction of sp³-hybridized carbons (Fsp3) is 0.538. The van der Waals surface area contributed by atoms with E-state index >= 15 is 0 Å². The van der Waals surface area contributed by atoms with Crippen molar-refractivity contribution >= 4 is 39.0 Å². The Hall–Kier alpha value is -0.870. The molecule has 3 rings (SSSR count). The van der Waals surface area contributed by atoms with E-state index in [1.54, 1.807) is 17.7 Å². The number of fused-ring (bicyclic) bond motifs is 1. The van der Waals surface area contributed by atoms with E-state index in [4.69, 9.17) is 11.6 Å². The number of aryl methyl sites for hydroxylation is 1. The molecule has 1 aliphatic carbocycles. The Balaban J connectivity index is 1.79. The van der Waals surface area contributed by atoms with E-state index < -0.39 is 0 Å². The van der Waals surface area contributed by atoms with E-state index in [1.165, 1.54) is 18.4 Å². The fourth-order valence-electron chi connectivity index (χ4n) is 2.26. The second-order valence-electron chi connectivity index (χ2n) is 5.11. The third-order valence-electron chi connectivity index (χ3n) is 3.74. The topological polar surface area (TPSA) is 37.8 Å². The second-order valence-corrected chi connectivity index (χ2v) is 6.37. The lowest BCUT2D eigenvalue weighted by Gasteiger charge is -2.15. The average Bonchev–Trinajstić information content (AvgIpc) is 3.04. The molecule has 0 bridgehead atoms. The fourth-order valence-corrected chi connectivity index (χ4v) is 3.63. The molecule has 0 unspecified atom stereocenters. The number of rotatable bonds is 5. The highest BCUT2D eigenvalue weighted by Crippen LogP contribution is 2.49. The van der Waals surface area contributed by atoms with Gasteiger partial charge >= 0.3 is 0 Å². The van der Waals surface area contributed by atoms with Crippen molar-refractivity contribution in [2.75, 3.05) is 17.7 Å². The number of nitrogens with one attached hydrogen (secondary N) is 1. The van der Waals surface area contributed by atoms with Crippen LogP contribution in [0.3, 0.4) is 0 Å². The molecule has 0 aliphatic heterocycles. The summed E-state index contributed by atoms with van der Waals surface area (Å²) < 4.78 is 1.16. The minimum atomic E-state index is 0.422. The van der Waals surface area contributed by atoms with Crippen LogP contribution in [0.15, 0.2) is 11.7 Å². The van der Waals surface area contributed by atoms with Gasteiger partial charge < -0.3 is 5.32 Å². The van der Waals surface area contributed by atoms with Gasteiger partial charge in [-0.05, 0) is 42.5 Å². The van der Waals surface area contributed by atoms with Gasteiger partial charge in [-0.3, -0.25) is 0 Å². The molecule has 0 saturated heterocycles. The van der Waals surface area contributed by atoms with E-state index in [0.29, 0.717) is 5.41 Å². The Morgan fingerprint density at radius 1 is 1.44 bits per heavy atom. The zero-order chi connectivity index (χ0) is 12.6. The molecule has 1 fully saturated rings. The summed E-state index contributed by atoms with van der Waals surface area (Å²) in [6.45, 7) is 3.06. The molecular formula is C13H16ClN3S. The Bertz CT molecular complexity index is 562. The summed E-state index contributed by atoms with van der Waals surface area (Å²) in [5.74, 6) is 1.72. The largest absolute Gasteiger partial charge is 0.368 e. The number of thiophene rings is 1. The highest BCUT2D eigenvalue weighted by atomic mass is 35.5. The van der Waals surface area contributed by atoms with Crippen molar-refractivity contribution in [1.29, 1.82) is 0 Å². The van der Waals surface area contributed by atoms with Crippen molar-refractivity contribution in [3.05, 3.63) is 17.3 Å². The quantitative estimate of drug-likeness (QED) is 0.847. The molecule has 1 N–H and O–H groups in total. The molecular weight excluding hydrogens is 266 g/mol. The molecule has 96 valence electrons. The standard InChI is InChI=1S/C13H16ClN3S/c1-9-6-18-11-10(9)16-8-17-12(11)15-7-13(2-3-13)4-5-14/h6,8H,2-5,7H2,1H3,(H,15,16,17). The summed E-state index contributed by atoms with van der Waals surface area (Å²) >= 11 is 7.57.